The summed E-state index contributed by atoms with van der Waals surface area (Å²) in [4.78, 5) is 13.8. The lowest BCUT2D eigenvalue weighted by molar-refractivity contribution is -0.124. The Kier molecular flexibility index (Phi) is 8.81. The van der Waals surface area contributed by atoms with E-state index in [2.05, 4.69) is 10.2 Å². The van der Waals surface area contributed by atoms with Gasteiger partial charge in [0, 0.05) is 46.4 Å². The van der Waals surface area contributed by atoms with Crippen LogP contribution >= 0.6 is 12.4 Å². The van der Waals surface area contributed by atoms with Gasteiger partial charge >= 0.3 is 0 Å². The van der Waals surface area contributed by atoms with E-state index in [0.29, 0.717) is 44.2 Å². The van der Waals surface area contributed by atoms with E-state index in [-0.39, 0.29) is 24.9 Å². The number of ether oxygens (including phenoxy) is 1. The highest BCUT2D eigenvalue weighted by molar-refractivity contribution is 7.89. The number of hydrogen-bond acceptors (Lipinski definition) is 5. The molecule has 1 fully saturated rings. The standard InChI is InChI=1S/C16H25N3O4S.ClH/c1-14-3-5-15(6-4-14)24(21,22)19-11-9-18(10-12-19)8-7-17-16(20)13-23-2;/h3-6H,7-13H2,1-2H3,(H,17,20);1H. The zero-order valence-electron chi connectivity index (χ0n) is 14.6. The third kappa shape index (κ3) is 6.23. The predicted molar refractivity (Wildman–Crippen MR) is 98.5 cm³/mol. The first-order valence-corrected chi connectivity index (χ1v) is 9.42. The molecule has 0 spiro atoms. The molecular formula is C16H26ClN3O4S. The van der Waals surface area contributed by atoms with Gasteiger partial charge in [0.15, 0.2) is 0 Å². The topological polar surface area (TPSA) is 79.0 Å². The van der Waals surface area contributed by atoms with Crippen molar-refractivity contribution >= 4 is 28.3 Å². The number of rotatable bonds is 7. The van der Waals surface area contributed by atoms with E-state index in [1.54, 1.807) is 12.1 Å². The summed E-state index contributed by atoms with van der Waals surface area (Å²) < 4.78 is 31.5. The molecule has 1 aliphatic rings. The van der Waals surface area contributed by atoms with Crippen LogP contribution in [-0.4, -0.2) is 76.5 Å². The molecule has 1 aromatic rings. The summed E-state index contributed by atoms with van der Waals surface area (Å²) in [5.41, 5.74) is 1.04. The van der Waals surface area contributed by atoms with Crippen molar-refractivity contribution in [2.24, 2.45) is 0 Å². The van der Waals surface area contributed by atoms with E-state index < -0.39 is 10.0 Å². The minimum absolute atomic E-state index is 0. The van der Waals surface area contributed by atoms with Crippen molar-refractivity contribution in [1.29, 1.82) is 0 Å². The second kappa shape index (κ2) is 10.1. The van der Waals surface area contributed by atoms with Crippen molar-refractivity contribution in [3.8, 4) is 0 Å². The summed E-state index contributed by atoms with van der Waals surface area (Å²) in [6.45, 7) is 5.46. The van der Waals surface area contributed by atoms with Crippen LogP contribution < -0.4 is 5.32 Å². The van der Waals surface area contributed by atoms with Gasteiger partial charge in [0.2, 0.25) is 15.9 Å². The zero-order chi connectivity index (χ0) is 17.6. The summed E-state index contributed by atoms with van der Waals surface area (Å²) >= 11 is 0. The van der Waals surface area contributed by atoms with Crippen LogP contribution in [0.15, 0.2) is 29.2 Å². The number of halogens is 1. The largest absolute Gasteiger partial charge is 0.375 e. The molecule has 9 heteroatoms. The number of sulfonamides is 1. The maximum absolute atomic E-state index is 12.6. The fourth-order valence-corrected chi connectivity index (χ4v) is 4.01. The number of amides is 1. The van der Waals surface area contributed by atoms with Crippen molar-refractivity contribution in [2.45, 2.75) is 11.8 Å². The Morgan fingerprint density at radius 1 is 1.16 bits per heavy atom. The highest BCUT2D eigenvalue weighted by Gasteiger charge is 2.28. The van der Waals surface area contributed by atoms with Gasteiger partial charge in [-0.1, -0.05) is 17.7 Å². The van der Waals surface area contributed by atoms with Crippen LogP contribution in [0.1, 0.15) is 5.56 Å². The van der Waals surface area contributed by atoms with E-state index in [0.717, 1.165) is 5.56 Å². The number of nitrogens with one attached hydrogen (secondary N) is 1. The van der Waals surface area contributed by atoms with Crippen molar-refractivity contribution in [1.82, 2.24) is 14.5 Å². The third-order valence-corrected chi connectivity index (χ3v) is 5.93. The van der Waals surface area contributed by atoms with Crippen LogP contribution in [-0.2, 0) is 19.6 Å². The highest BCUT2D eigenvalue weighted by atomic mass is 35.5. The number of piperazine rings is 1. The Hall–Kier alpha value is -1.19. The van der Waals surface area contributed by atoms with Crippen LogP contribution in [0.3, 0.4) is 0 Å². The first-order chi connectivity index (χ1) is 11.4. The molecule has 0 saturated carbocycles. The summed E-state index contributed by atoms with van der Waals surface area (Å²) in [7, 11) is -1.94. The second-order valence-electron chi connectivity index (χ2n) is 5.84. The van der Waals surface area contributed by atoms with E-state index >= 15 is 0 Å². The first kappa shape index (κ1) is 21.9. The Labute approximate surface area is 155 Å². The van der Waals surface area contributed by atoms with Crippen molar-refractivity contribution in [3.05, 3.63) is 29.8 Å². The summed E-state index contributed by atoms with van der Waals surface area (Å²) in [6, 6.07) is 6.93. The van der Waals surface area contributed by atoms with Crippen LogP contribution in [0, 0.1) is 6.92 Å². The number of carbonyl (C=O) groups is 1. The Bertz CT molecular complexity index is 644. The van der Waals surface area contributed by atoms with E-state index in [1.165, 1.54) is 11.4 Å². The third-order valence-electron chi connectivity index (χ3n) is 4.02. The molecule has 2 rings (SSSR count). The monoisotopic (exact) mass is 391 g/mol. The van der Waals surface area contributed by atoms with Gasteiger partial charge in [-0.15, -0.1) is 12.4 Å². The van der Waals surface area contributed by atoms with Gasteiger partial charge in [-0.2, -0.15) is 4.31 Å². The Morgan fingerprint density at radius 3 is 2.32 bits per heavy atom. The lowest BCUT2D eigenvalue weighted by Gasteiger charge is -2.34. The number of nitrogens with zero attached hydrogens (tertiary/aromatic N) is 2. The lowest BCUT2D eigenvalue weighted by atomic mass is 10.2. The smallest absolute Gasteiger partial charge is 0.246 e. The van der Waals surface area contributed by atoms with Crippen molar-refractivity contribution < 1.29 is 17.9 Å². The van der Waals surface area contributed by atoms with Gasteiger partial charge < -0.3 is 10.1 Å². The average molecular weight is 392 g/mol. The molecule has 1 aliphatic heterocycles. The molecule has 1 aromatic carbocycles. The van der Waals surface area contributed by atoms with Gasteiger partial charge in [0.1, 0.15) is 6.61 Å². The highest BCUT2D eigenvalue weighted by Crippen LogP contribution is 2.18. The summed E-state index contributed by atoms with van der Waals surface area (Å²) in [6.07, 6.45) is 0. The number of carbonyl (C=O) groups excluding carboxylic acids is 1. The summed E-state index contributed by atoms with van der Waals surface area (Å²) in [5, 5.41) is 2.77. The van der Waals surface area contributed by atoms with Crippen LogP contribution in [0.25, 0.3) is 0 Å². The fraction of sp³-hybridized carbons (Fsp3) is 0.562. The molecule has 7 nitrogen and oxygen atoms in total. The Balaban J connectivity index is 0.00000312. The molecule has 142 valence electrons. The lowest BCUT2D eigenvalue weighted by Crippen LogP contribution is -2.50. The molecule has 0 bridgehead atoms. The van der Waals surface area contributed by atoms with Gasteiger partial charge in [-0.05, 0) is 19.1 Å². The normalized spacial score (nSPS) is 16.2. The quantitative estimate of drug-likeness (QED) is 0.731. The molecular weight excluding hydrogens is 366 g/mol. The average Bonchev–Trinajstić information content (AvgIpc) is 2.56. The Morgan fingerprint density at radius 2 is 1.76 bits per heavy atom. The van der Waals surface area contributed by atoms with Gasteiger partial charge in [0.05, 0.1) is 4.90 Å². The van der Waals surface area contributed by atoms with Crippen LogP contribution in [0.2, 0.25) is 0 Å². The molecule has 0 aromatic heterocycles. The molecule has 1 saturated heterocycles. The summed E-state index contributed by atoms with van der Waals surface area (Å²) in [5.74, 6) is -0.141. The van der Waals surface area contributed by atoms with E-state index in [4.69, 9.17) is 4.74 Å². The first-order valence-electron chi connectivity index (χ1n) is 7.98. The van der Waals surface area contributed by atoms with Gasteiger partial charge in [-0.25, -0.2) is 8.42 Å². The SMILES string of the molecule is COCC(=O)NCCN1CCN(S(=O)(=O)c2ccc(C)cc2)CC1.Cl. The van der Waals surface area contributed by atoms with Gasteiger partial charge in [0.25, 0.3) is 0 Å². The van der Waals surface area contributed by atoms with Gasteiger partial charge in [-0.3, -0.25) is 9.69 Å². The van der Waals surface area contributed by atoms with E-state index in [9.17, 15) is 13.2 Å². The number of hydrogen-bond donors (Lipinski definition) is 1. The molecule has 1 N–H and O–H groups in total. The number of methoxy groups -OCH3 is 1. The fourth-order valence-electron chi connectivity index (χ4n) is 2.59. The maximum Gasteiger partial charge on any atom is 0.246 e. The second-order valence-corrected chi connectivity index (χ2v) is 7.78. The zero-order valence-corrected chi connectivity index (χ0v) is 16.2. The number of benzene rings is 1. The molecule has 1 amide bonds. The van der Waals surface area contributed by atoms with Crippen molar-refractivity contribution in [2.75, 3.05) is 53.0 Å². The van der Waals surface area contributed by atoms with E-state index in [1.807, 2.05) is 19.1 Å². The molecule has 0 radical (unpaired) electrons. The molecule has 0 aliphatic carbocycles. The molecule has 1 heterocycles. The minimum Gasteiger partial charge on any atom is -0.375 e. The van der Waals surface area contributed by atoms with Crippen LogP contribution in [0.4, 0.5) is 0 Å². The minimum atomic E-state index is -3.42. The predicted octanol–water partition coefficient (Wildman–Crippen LogP) is 0.486. The molecule has 25 heavy (non-hydrogen) atoms. The van der Waals surface area contributed by atoms with Crippen LogP contribution in [0.5, 0.6) is 0 Å². The van der Waals surface area contributed by atoms with Crippen molar-refractivity contribution in [3.63, 3.8) is 0 Å². The molecule has 0 atom stereocenters. The maximum atomic E-state index is 12.6. The number of aryl methyl sites for hydroxylation is 1. The molecule has 0 unspecified atom stereocenters.